The van der Waals surface area contributed by atoms with Crippen molar-refractivity contribution in [3.8, 4) is 11.4 Å². The van der Waals surface area contributed by atoms with Gasteiger partial charge in [0.2, 0.25) is 5.91 Å². The first-order valence-electron chi connectivity index (χ1n) is 11.6. The van der Waals surface area contributed by atoms with Gasteiger partial charge in [-0.05, 0) is 34.6 Å². The fourth-order valence-electron chi connectivity index (χ4n) is 4.29. The van der Waals surface area contributed by atoms with E-state index < -0.39 is 12.1 Å². The number of hydrogen-bond acceptors (Lipinski definition) is 9. The van der Waals surface area contributed by atoms with Gasteiger partial charge in [-0.25, -0.2) is 24.9 Å². The maximum absolute atomic E-state index is 13.6. The van der Waals surface area contributed by atoms with E-state index in [1.807, 2.05) is 44.1 Å². The fourth-order valence-corrected chi connectivity index (χ4v) is 4.29. The Kier molecular flexibility index (Phi) is 7.03. The van der Waals surface area contributed by atoms with Gasteiger partial charge in [0, 0.05) is 39.1 Å². The molecule has 3 aromatic heterocycles. The van der Waals surface area contributed by atoms with E-state index in [1.165, 1.54) is 6.33 Å². The zero-order chi connectivity index (χ0) is 24.4. The van der Waals surface area contributed by atoms with Crippen molar-refractivity contribution in [1.29, 1.82) is 0 Å². The van der Waals surface area contributed by atoms with Crippen LogP contribution in [-0.4, -0.2) is 84.8 Å². The number of aromatic nitrogens is 6. The minimum atomic E-state index is -0.654. The molecule has 4 rings (SSSR count). The Bertz CT molecular complexity index is 1140. The van der Waals surface area contributed by atoms with Crippen molar-refractivity contribution in [2.24, 2.45) is 0 Å². The number of hydrogen-bond donors (Lipinski definition) is 1. The standard InChI is InChI=1S/C23H32N8O3/c1-7-31-21(17-8-24-16(5)25-9-17)29-19-20(26-12-27-22(19)31)28-18(15(4)33-6)23(32)30-10-13(2)34-14(3)11-30/h8-9,12-15,18H,7,10-11H2,1-6H3,(H,26,27,28)/t13?,14?,15-,18-/m1/s1. The Hall–Kier alpha value is -3.18. The number of aryl methyl sites for hydroxylation is 2. The quantitative estimate of drug-likeness (QED) is 0.555. The second-order valence-corrected chi connectivity index (χ2v) is 8.66. The van der Waals surface area contributed by atoms with E-state index >= 15 is 0 Å². The lowest BCUT2D eigenvalue weighted by Crippen LogP contribution is -2.55. The van der Waals surface area contributed by atoms with Gasteiger partial charge in [-0.3, -0.25) is 4.79 Å². The molecule has 34 heavy (non-hydrogen) atoms. The summed E-state index contributed by atoms with van der Waals surface area (Å²) in [6.07, 6.45) is 4.51. The van der Waals surface area contributed by atoms with Crippen LogP contribution >= 0.6 is 0 Å². The van der Waals surface area contributed by atoms with Crippen LogP contribution in [-0.2, 0) is 20.8 Å². The van der Waals surface area contributed by atoms with E-state index in [1.54, 1.807) is 19.5 Å². The smallest absolute Gasteiger partial charge is 0.247 e. The zero-order valence-electron chi connectivity index (χ0n) is 20.5. The lowest BCUT2D eigenvalue weighted by atomic mass is 10.1. The van der Waals surface area contributed by atoms with E-state index in [2.05, 4.69) is 25.3 Å². The summed E-state index contributed by atoms with van der Waals surface area (Å²) >= 11 is 0. The first-order valence-corrected chi connectivity index (χ1v) is 11.6. The summed E-state index contributed by atoms with van der Waals surface area (Å²) in [5.41, 5.74) is 2.02. The average molecular weight is 469 g/mol. The highest BCUT2D eigenvalue weighted by Gasteiger charge is 2.34. The van der Waals surface area contributed by atoms with Crippen molar-refractivity contribution in [1.82, 2.24) is 34.4 Å². The number of fused-ring (bicyclic) bond motifs is 1. The molecule has 0 aromatic carbocycles. The fraction of sp³-hybridized carbons (Fsp3) is 0.565. The van der Waals surface area contributed by atoms with Crippen LogP contribution in [0.5, 0.6) is 0 Å². The minimum absolute atomic E-state index is 0.0310. The maximum Gasteiger partial charge on any atom is 0.247 e. The molecule has 182 valence electrons. The van der Waals surface area contributed by atoms with Crippen LogP contribution < -0.4 is 5.32 Å². The molecule has 2 unspecified atom stereocenters. The number of carbonyl (C=O) groups excluding carboxylic acids is 1. The van der Waals surface area contributed by atoms with Gasteiger partial charge in [0.05, 0.1) is 23.9 Å². The third-order valence-corrected chi connectivity index (χ3v) is 6.02. The first kappa shape index (κ1) is 24.0. The SMILES string of the molecule is CCn1c(-c2cnc(C)nc2)nc2c(N[C@@H](C(=O)N3CC(C)OC(C)C3)[C@@H](C)OC)ncnc21. The lowest BCUT2D eigenvalue weighted by Gasteiger charge is -2.38. The molecule has 1 amide bonds. The first-order chi connectivity index (χ1) is 16.3. The van der Waals surface area contributed by atoms with Gasteiger partial charge in [0.1, 0.15) is 24.0 Å². The molecule has 3 aromatic rings. The largest absolute Gasteiger partial charge is 0.379 e. The van der Waals surface area contributed by atoms with Gasteiger partial charge in [0.15, 0.2) is 17.0 Å². The lowest BCUT2D eigenvalue weighted by molar-refractivity contribution is -0.146. The molecular formula is C23H32N8O3. The Morgan fingerprint density at radius 3 is 2.50 bits per heavy atom. The summed E-state index contributed by atoms with van der Waals surface area (Å²) < 4.78 is 13.3. The van der Waals surface area contributed by atoms with E-state index in [0.717, 1.165) is 5.56 Å². The average Bonchev–Trinajstić information content (AvgIpc) is 3.21. The highest BCUT2D eigenvalue weighted by atomic mass is 16.5. The number of rotatable bonds is 7. The van der Waals surface area contributed by atoms with E-state index in [-0.39, 0.29) is 18.1 Å². The molecule has 1 saturated heterocycles. The monoisotopic (exact) mass is 468 g/mol. The number of amides is 1. The molecule has 4 atom stereocenters. The van der Waals surface area contributed by atoms with Gasteiger partial charge in [-0.15, -0.1) is 0 Å². The van der Waals surface area contributed by atoms with E-state index in [9.17, 15) is 4.79 Å². The number of ether oxygens (including phenoxy) is 2. The molecular weight excluding hydrogens is 436 g/mol. The van der Waals surface area contributed by atoms with Crippen LogP contribution in [0.2, 0.25) is 0 Å². The van der Waals surface area contributed by atoms with Gasteiger partial charge in [-0.1, -0.05) is 0 Å². The van der Waals surface area contributed by atoms with Crippen LogP contribution in [0.25, 0.3) is 22.6 Å². The molecule has 1 N–H and O–H groups in total. The summed E-state index contributed by atoms with van der Waals surface area (Å²) in [6, 6.07) is -0.654. The van der Waals surface area contributed by atoms with Gasteiger partial charge >= 0.3 is 0 Å². The van der Waals surface area contributed by atoms with Crippen molar-refractivity contribution in [2.45, 2.75) is 65.5 Å². The molecule has 0 aliphatic carbocycles. The van der Waals surface area contributed by atoms with Crippen molar-refractivity contribution in [2.75, 3.05) is 25.5 Å². The van der Waals surface area contributed by atoms with E-state index in [4.69, 9.17) is 14.5 Å². The van der Waals surface area contributed by atoms with Crippen LogP contribution in [0.1, 0.15) is 33.5 Å². The molecule has 1 aliphatic heterocycles. The Morgan fingerprint density at radius 1 is 1.21 bits per heavy atom. The highest BCUT2D eigenvalue weighted by molar-refractivity contribution is 5.91. The minimum Gasteiger partial charge on any atom is -0.379 e. The van der Waals surface area contributed by atoms with Gasteiger partial charge < -0.3 is 24.3 Å². The summed E-state index contributed by atoms with van der Waals surface area (Å²) in [6.45, 7) is 11.4. The highest BCUT2D eigenvalue weighted by Crippen LogP contribution is 2.27. The maximum atomic E-state index is 13.6. The number of morpholine rings is 1. The number of nitrogens with one attached hydrogen (secondary N) is 1. The van der Waals surface area contributed by atoms with Crippen LogP contribution in [0.4, 0.5) is 5.82 Å². The van der Waals surface area contributed by atoms with Crippen LogP contribution in [0.3, 0.4) is 0 Å². The van der Waals surface area contributed by atoms with E-state index in [0.29, 0.717) is 48.3 Å². The molecule has 1 aliphatic rings. The van der Waals surface area contributed by atoms with Crippen molar-refractivity contribution >= 4 is 22.9 Å². The predicted molar refractivity (Wildman–Crippen MR) is 127 cm³/mol. The molecule has 0 radical (unpaired) electrons. The summed E-state index contributed by atoms with van der Waals surface area (Å²) in [7, 11) is 1.59. The number of imidazole rings is 1. The molecule has 0 spiro atoms. The third-order valence-electron chi connectivity index (χ3n) is 6.02. The molecule has 0 saturated carbocycles. The Morgan fingerprint density at radius 2 is 1.88 bits per heavy atom. The summed E-state index contributed by atoms with van der Waals surface area (Å²) in [4.78, 5) is 37.7. The normalized spacial score (nSPS) is 20.4. The van der Waals surface area contributed by atoms with Crippen molar-refractivity contribution < 1.29 is 14.3 Å². The number of anilines is 1. The third kappa shape index (κ3) is 4.71. The number of carbonyl (C=O) groups is 1. The topological polar surface area (TPSA) is 120 Å². The second-order valence-electron chi connectivity index (χ2n) is 8.66. The van der Waals surface area contributed by atoms with Crippen molar-refractivity contribution in [3.05, 3.63) is 24.5 Å². The summed E-state index contributed by atoms with van der Waals surface area (Å²) in [5, 5.41) is 3.31. The number of nitrogens with zero attached hydrogens (tertiary/aromatic N) is 7. The Balaban J connectivity index is 1.71. The molecule has 11 nitrogen and oxygen atoms in total. The number of methoxy groups -OCH3 is 1. The van der Waals surface area contributed by atoms with Crippen molar-refractivity contribution in [3.63, 3.8) is 0 Å². The van der Waals surface area contributed by atoms with Crippen LogP contribution in [0, 0.1) is 6.92 Å². The Labute approximate surface area is 198 Å². The van der Waals surface area contributed by atoms with Gasteiger partial charge in [0.25, 0.3) is 0 Å². The second kappa shape index (κ2) is 9.98. The molecule has 11 heteroatoms. The zero-order valence-corrected chi connectivity index (χ0v) is 20.5. The predicted octanol–water partition coefficient (Wildman–Crippen LogP) is 2.06. The molecule has 0 bridgehead atoms. The summed E-state index contributed by atoms with van der Waals surface area (Å²) in [5.74, 6) is 1.79. The molecule has 4 heterocycles. The van der Waals surface area contributed by atoms with Crippen LogP contribution in [0.15, 0.2) is 18.7 Å². The van der Waals surface area contributed by atoms with Gasteiger partial charge in [-0.2, -0.15) is 0 Å². The molecule has 1 fully saturated rings.